The van der Waals surface area contributed by atoms with Crippen LogP contribution in [0, 0.1) is 11.3 Å². The molecule has 0 radical (unpaired) electrons. The molecule has 2 N–H and O–H groups in total. The molecule has 6 nitrogen and oxygen atoms in total. The highest BCUT2D eigenvalue weighted by Crippen LogP contribution is 2.20. The van der Waals surface area contributed by atoms with Crippen molar-refractivity contribution >= 4 is 18.5 Å². The first kappa shape index (κ1) is 21.9. The summed E-state index contributed by atoms with van der Waals surface area (Å²) in [5, 5.41) is 13.9. The number of hydrogen-bond acceptors (Lipinski definition) is 5. The molecule has 0 aliphatic heterocycles. The molecule has 1 aliphatic rings. The Morgan fingerprint density at radius 3 is 3.03 bits per heavy atom. The Labute approximate surface area is 183 Å². The summed E-state index contributed by atoms with van der Waals surface area (Å²) in [5.41, 5.74) is 11.4. The Bertz CT molecular complexity index is 1110. The van der Waals surface area contributed by atoms with E-state index in [2.05, 4.69) is 58.3 Å². The van der Waals surface area contributed by atoms with Crippen LogP contribution in [0.4, 0.5) is 0 Å². The van der Waals surface area contributed by atoms with Gasteiger partial charge in [0.05, 0.1) is 30.9 Å². The van der Waals surface area contributed by atoms with Gasteiger partial charge in [0.15, 0.2) is 0 Å². The third-order valence-corrected chi connectivity index (χ3v) is 4.82. The number of allylic oxidation sites excluding steroid dienone is 6. The van der Waals surface area contributed by atoms with Crippen molar-refractivity contribution < 1.29 is 0 Å². The maximum atomic E-state index is 9.33. The normalized spacial score (nSPS) is 13.8. The fraction of sp³-hybridized carbons (Fsp3) is 0.200. The van der Waals surface area contributed by atoms with Crippen LogP contribution in [0.25, 0.3) is 5.57 Å². The quantitative estimate of drug-likeness (QED) is 0.628. The van der Waals surface area contributed by atoms with Gasteiger partial charge in [-0.3, -0.25) is 14.7 Å². The van der Waals surface area contributed by atoms with Crippen molar-refractivity contribution in [1.29, 1.82) is 5.26 Å². The van der Waals surface area contributed by atoms with Gasteiger partial charge in [0, 0.05) is 24.2 Å². The summed E-state index contributed by atoms with van der Waals surface area (Å²) < 4.78 is 1.89. The number of nitrogens with zero attached hydrogens (tertiary/aromatic N) is 5. The summed E-state index contributed by atoms with van der Waals surface area (Å²) >= 11 is 0. The molecule has 0 bridgehead atoms. The third-order valence-electron chi connectivity index (χ3n) is 4.82. The fourth-order valence-electron chi connectivity index (χ4n) is 3.25. The number of hydrogen-bond donors (Lipinski definition) is 1. The lowest BCUT2D eigenvalue weighted by Gasteiger charge is -2.09. The Morgan fingerprint density at radius 1 is 1.32 bits per heavy atom. The summed E-state index contributed by atoms with van der Waals surface area (Å²) in [7, 11) is 0. The van der Waals surface area contributed by atoms with Crippen molar-refractivity contribution in [2.24, 2.45) is 15.7 Å². The van der Waals surface area contributed by atoms with Crippen molar-refractivity contribution in [2.45, 2.75) is 25.9 Å². The average molecular weight is 411 g/mol. The second-order valence-corrected chi connectivity index (χ2v) is 7.11. The molecule has 0 fully saturated rings. The van der Waals surface area contributed by atoms with Gasteiger partial charge in [0.2, 0.25) is 0 Å². The number of rotatable bonds is 9. The van der Waals surface area contributed by atoms with Gasteiger partial charge in [0.1, 0.15) is 0 Å². The smallest absolute Gasteiger partial charge is 0.0991 e. The summed E-state index contributed by atoms with van der Waals surface area (Å²) in [5.74, 6) is 0. The molecular weight excluding hydrogens is 384 g/mol. The highest BCUT2D eigenvalue weighted by Gasteiger charge is 2.08. The van der Waals surface area contributed by atoms with Crippen LogP contribution in [0.15, 0.2) is 82.7 Å². The summed E-state index contributed by atoms with van der Waals surface area (Å²) in [6.45, 7) is 5.07. The lowest BCUT2D eigenvalue weighted by molar-refractivity contribution is 0.681. The second kappa shape index (κ2) is 11.4. The monoisotopic (exact) mass is 410 g/mol. The van der Waals surface area contributed by atoms with E-state index in [0.29, 0.717) is 31.6 Å². The SMILES string of the molecule is C=N/C=C(\C=N/Cc1ccc(C#N)cc1Cn1cc(C2=CC=CCC=C2)cn1)CCN. The van der Waals surface area contributed by atoms with E-state index in [0.717, 1.165) is 34.3 Å². The van der Waals surface area contributed by atoms with E-state index >= 15 is 0 Å². The minimum Gasteiger partial charge on any atom is -0.330 e. The molecule has 1 aliphatic carbocycles. The molecular formula is C25H26N6. The predicted octanol–water partition coefficient (Wildman–Crippen LogP) is 4.21. The molecule has 0 saturated heterocycles. The zero-order valence-electron chi connectivity index (χ0n) is 17.5. The van der Waals surface area contributed by atoms with Gasteiger partial charge >= 0.3 is 0 Å². The van der Waals surface area contributed by atoms with Crippen LogP contribution in [0.5, 0.6) is 0 Å². The first-order valence-corrected chi connectivity index (χ1v) is 10.2. The number of nitriles is 1. The van der Waals surface area contributed by atoms with Crippen LogP contribution in [-0.4, -0.2) is 29.3 Å². The molecule has 2 aromatic rings. The summed E-state index contributed by atoms with van der Waals surface area (Å²) in [6, 6.07) is 7.89. The fourth-order valence-corrected chi connectivity index (χ4v) is 3.25. The third kappa shape index (κ3) is 6.33. The Hall–Kier alpha value is -3.82. The van der Waals surface area contributed by atoms with Gasteiger partial charge < -0.3 is 5.73 Å². The van der Waals surface area contributed by atoms with Crippen LogP contribution in [0.1, 0.15) is 35.1 Å². The zero-order chi connectivity index (χ0) is 21.9. The second-order valence-electron chi connectivity index (χ2n) is 7.11. The van der Waals surface area contributed by atoms with Crippen LogP contribution in [0.2, 0.25) is 0 Å². The summed E-state index contributed by atoms with van der Waals surface area (Å²) in [4.78, 5) is 8.35. The number of aliphatic imine (C=N–C) groups is 2. The molecule has 6 heteroatoms. The van der Waals surface area contributed by atoms with Crippen LogP contribution in [-0.2, 0) is 13.1 Å². The van der Waals surface area contributed by atoms with E-state index < -0.39 is 0 Å². The largest absolute Gasteiger partial charge is 0.330 e. The Morgan fingerprint density at radius 2 is 2.23 bits per heavy atom. The maximum absolute atomic E-state index is 9.33. The van der Waals surface area contributed by atoms with Gasteiger partial charge in [-0.15, -0.1) is 0 Å². The molecule has 1 aromatic carbocycles. The van der Waals surface area contributed by atoms with Crippen molar-refractivity contribution in [1.82, 2.24) is 9.78 Å². The zero-order valence-corrected chi connectivity index (χ0v) is 17.5. The highest BCUT2D eigenvalue weighted by atomic mass is 15.3. The van der Waals surface area contributed by atoms with Crippen molar-refractivity contribution in [3.63, 3.8) is 0 Å². The molecule has 0 saturated carbocycles. The van der Waals surface area contributed by atoms with Crippen molar-refractivity contribution in [3.05, 3.63) is 95.0 Å². The van der Waals surface area contributed by atoms with Gasteiger partial charge in [-0.25, -0.2) is 0 Å². The standard InChI is InChI=1S/C25H26N6/c1-28-14-21(10-11-26)15-29-16-23-9-8-20(13-27)12-24(23)18-31-19-25(17-30-31)22-6-4-2-3-5-7-22/h2,4-9,12,14-15,17,19H,1,3,10-11,16,18,26H2/b21-14-,29-15-. The molecule has 0 atom stereocenters. The highest BCUT2D eigenvalue weighted by molar-refractivity contribution is 5.78. The first-order valence-electron chi connectivity index (χ1n) is 10.2. The van der Waals surface area contributed by atoms with Gasteiger partial charge in [-0.1, -0.05) is 36.4 Å². The summed E-state index contributed by atoms with van der Waals surface area (Å²) in [6.07, 6.45) is 19.5. The van der Waals surface area contributed by atoms with E-state index in [4.69, 9.17) is 5.73 Å². The first-order chi connectivity index (χ1) is 15.2. The number of nitrogens with two attached hydrogens (primary N) is 1. The molecule has 0 spiro atoms. The molecule has 31 heavy (non-hydrogen) atoms. The maximum Gasteiger partial charge on any atom is 0.0991 e. The Kier molecular flexibility index (Phi) is 8.04. The van der Waals surface area contributed by atoms with Gasteiger partial charge in [0.25, 0.3) is 0 Å². The molecule has 0 amide bonds. The van der Waals surface area contributed by atoms with Crippen molar-refractivity contribution in [3.8, 4) is 6.07 Å². The van der Waals surface area contributed by atoms with E-state index in [1.54, 1.807) is 12.4 Å². The number of aromatic nitrogens is 2. The predicted molar refractivity (Wildman–Crippen MR) is 127 cm³/mol. The van der Waals surface area contributed by atoms with E-state index in [1.807, 2.05) is 35.3 Å². The van der Waals surface area contributed by atoms with Crippen LogP contribution < -0.4 is 5.73 Å². The van der Waals surface area contributed by atoms with E-state index in [1.165, 1.54) is 0 Å². The van der Waals surface area contributed by atoms with E-state index in [-0.39, 0.29) is 0 Å². The minimum atomic E-state index is 0.493. The van der Waals surface area contributed by atoms with Crippen LogP contribution in [0.3, 0.4) is 0 Å². The van der Waals surface area contributed by atoms with Gasteiger partial charge in [-0.05, 0) is 60.5 Å². The van der Waals surface area contributed by atoms with E-state index in [9.17, 15) is 5.26 Å². The lowest BCUT2D eigenvalue weighted by Crippen LogP contribution is -2.04. The molecule has 3 rings (SSSR count). The molecule has 156 valence electrons. The topological polar surface area (TPSA) is 92.3 Å². The number of benzene rings is 1. The molecule has 0 unspecified atom stereocenters. The minimum absolute atomic E-state index is 0.493. The average Bonchev–Trinajstić information content (AvgIpc) is 3.07. The van der Waals surface area contributed by atoms with Gasteiger partial charge in [-0.2, -0.15) is 10.4 Å². The Balaban J connectivity index is 1.80. The van der Waals surface area contributed by atoms with Crippen LogP contribution >= 0.6 is 0 Å². The molecule has 1 heterocycles. The molecule has 1 aromatic heterocycles. The lowest BCUT2D eigenvalue weighted by atomic mass is 10.0. The van der Waals surface area contributed by atoms with Crippen molar-refractivity contribution in [2.75, 3.05) is 6.54 Å².